The van der Waals surface area contributed by atoms with Crippen molar-refractivity contribution in [1.82, 2.24) is 0 Å². The third-order valence-corrected chi connectivity index (χ3v) is 1.07. The van der Waals surface area contributed by atoms with E-state index in [0.717, 1.165) is 19.4 Å². The van der Waals surface area contributed by atoms with Gasteiger partial charge in [-0.25, -0.2) is 4.99 Å². The lowest BCUT2D eigenvalue weighted by Gasteiger charge is -1.99. The molecule has 0 atom stereocenters. The van der Waals surface area contributed by atoms with E-state index >= 15 is 0 Å². The maximum Gasteiger partial charge on any atom is 0.281 e. The first kappa shape index (κ1) is 9.27. The van der Waals surface area contributed by atoms with Crippen LogP contribution in [0.2, 0.25) is 0 Å². The van der Waals surface area contributed by atoms with E-state index in [2.05, 4.69) is 11.9 Å². The highest BCUT2D eigenvalue weighted by molar-refractivity contribution is 5.71. The van der Waals surface area contributed by atoms with Crippen LogP contribution in [0.3, 0.4) is 0 Å². The van der Waals surface area contributed by atoms with Crippen LogP contribution in [-0.4, -0.2) is 19.2 Å². The zero-order valence-corrected chi connectivity index (χ0v) is 6.76. The minimum atomic E-state index is 0.316. The summed E-state index contributed by atoms with van der Waals surface area (Å²) in [5.74, 6) is 0. The molecular formula is C7H16N2O. The summed E-state index contributed by atoms with van der Waals surface area (Å²) in [7, 11) is 0. The third kappa shape index (κ3) is 5.41. The zero-order chi connectivity index (χ0) is 7.82. The molecule has 0 aromatic heterocycles. The molecular weight excluding hydrogens is 128 g/mol. The van der Waals surface area contributed by atoms with E-state index in [1.807, 2.05) is 6.92 Å². The van der Waals surface area contributed by atoms with Gasteiger partial charge in [-0.1, -0.05) is 13.3 Å². The Kier molecular flexibility index (Phi) is 5.92. The number of hydrogen-bond donors (Lipinski definition) is 1. The highest BCUT2D eigenvalue weighted by Gasteiger charge is 1.87. The molecule has 0 aliphatic heterocycles. The summed E-state index contributed by atoms with van der Waals surface area (Å²) < 4.78 is 4.92. The molecule has 0 radical (unpaired) electrons. The molecule has 0 saturated heterocycles. The molecule has 0 bridgehead atoms. The molecule has 0 saturated carbocycles. The predicted molar refractivity (Wildman–Crippen MR) is 43.0 cm³/mol. The number of nitrogens with zero attached hydrogens (tertiary/aromatic N) is 1. The van der Waals surface area contributed by atoms with Gasteiger partial charge < -0.3 is 10.5 Å². The number of ether oxygens (including phenoxy) is 1. The number of nitrogens with two attached hydrogens (primary N) is 1. The third-order valence-electron chi connectivity index (χ3n) is 1.07. The largest absolute Gasteiger partial charge is 0.466 e. The van der Waals surface area contributed by atoms with E-state index in [0.29, 0.717) is 12.6 Å². The van der Waals surface area contributed by atoms with Gasteiger partial charge in [0.25, 0.3) is 6.02 Å². The molecule has 0 aliphatic carbocycles. The molecule has 60 valence electrons. The summed E-state index contributed by atoms with van der Waals surface area (Å²) in [5.41, 5.74) is 5.35. The van der Waals surface area contributed by atoms with Crippen molar-refractivity contribution in [2.24, 2.45) is 10.7 Å². The highest BCUT2D eigenvalue weighted by Crippen LogP contribution is 1.86. The first-order valence-corrected chi connectivity index (χ1v) is 3.74. The second kappa shape index (κ2) is 6.39. The summed E-state index contributed by atoms with van der Waals surface area (Å²) in [5, 5.41) is 0. The average Bonchev–Trinajstić information content (AvgIpc) is 1.89. The van der Waals surface area contributed by atoms with Gasteiger partial charge in [-0.2, -0.15) is 0 Å². The van der Waals surface area contributed by atoms with Gasteiger partial charge in [0.15, 0.2) is 0 Å². The van der Waals surface area contributed by atoms with Gasteiger partial charge in [0.2, 0.25) is 0 Å². The average molecular weight is 144 g/mol. The Morgan fingerprint density at radius 2 is 2.20 bits per heavy atom. The Morgan fingerprint density at radius 1 is 1.50 bits per heavy atom. The maximum atomic E-state index is 5.35. The standard InChI is InChI=1S/C7H16N2O/c1-3-5-6-9-7(8)10-4-2/h3-6H2,1-2H3,(H2,8,9). The number of unbranched alkanes of at least 4 members (excludes halogenated alkanes) is 1. The quantitative estimate of drug-likeness (QED) is 0.365. The van der Waals surface area contributed by atoms with Crippen LogP contribution in [0.25, 0.3) is 0 Å². The molecule has 0 heterocycles. The minimum Gasteiger partial charge on any atom is -0.466 e. The summed E-state index contributed by atoms with van der Waals surface area (Å²) in [6.45, 7) is 5.39. The van der Waals surface area contributed by atoms with Gasteiger partial charge in [0, 0.05) is 6.54 Å². The van der Waals surface area contributed by atoms with E-state index in [-0.39, 0.29) is 0 Å². The molecule has 2 N–H and O–H groups in total. The van der Waals surface area contributed by atoms with Crippen molar-refractivity contribution in [3.63, 3.8) is 0 Å². The molecule has 10 heavy (non-hydrogen) atoms. The second-order valence-electron chi connectivity index (χ2n) is 2.01. The van der Waals surface area contributed by atoms with Crippen LogP contribution in [0.4, 0.5) is 0 Å². The Bertz CT molecular complexity index is 102. The van der Waals surface area contributed by atoms with Crippen LogP contribution in [-0.2, 0) is 4.74 Å². The summed E-state index contributed by atoms with van der Waals surface area (Å²) in [6, 6.07) is 0.316. The summed E-state index contributed by atoms with van der Waals surface area (Å²) in [6.07, 6.45) is 2.22. The van der Waals surface area contributed by atoms with Gasteiger partial charge in [-0.15, -0.1) is 0 Å². The van der Waals surface area contributed by atoms with Gasteiger partial charge in [-0.05, 0) is 13.3 Å². The number of rotatable bonds is 4. The predicted octanol–water partition coefficient (Wildman–Crippen LogP) is 1.14. The van der Waals surface area contributed by atoms with Crippen LogP contribution in [0.1, 0.15) is 26.7 Å². The Labute approximate surface area is 62.3 Å². The molecule has 0 unspecified atom stereocenters. The van der Waals surface area contributed by atoms with Crippen molar-refractivity contribution in [3.8, 4) is 0 Å². The Morgan fingerprint density at radius 3 is 2.70 bits per heavy atom. The molecule has 0 aromatic carbocycles. The number of hydrogen-bond acceptors (Lipinski definition) is 2. The smallest absolute Gasteiger partial charge is 0.281 e. The highest BCUT2D eigenvalue weighted by atomic mass is 16.5. The molecule has 0 spiro atoms. The van der Waals surface area contributed by atoms with E-state index < -0.39 is 0 Å². The first-order chi connectivity index (χ1) is 4.81. The fraction of sp³-hybridized carbons (Fsp3) is 0.857. The van der Waals surface area contributed by atoms with E-state index in [1.165, 1.54) is 0 Å². The Hall–Kier alpha value is -0.730. The van der Waals surface area contributed by atoms with Gasteiger partial charge in [-0.3, -0.25) is 0 Å². The van der Waals surface area contributed by atoms with Crippen molar-refractivity contribution < 1.29 is 4.74 Å². The lowest BCUT2D eigenvalue weighted by Crippen LogP contribution is -2.16. The lowest BCUT2D eigenvalue weighted by molar-refractivity contribution is 0.320. The van der Waals surface area contributed by atoms with Crippen LogP contribution >= 0.6 is 0 Å². The van der Waals surface area contributed by atoms with Gasteiger partial charge >= 0.3 is 0 Å². The van der Waals surface area contributed by atoms with Crippen LogP contribution in [0, 0.1) is 0 Å². The Balaban J connectivity index is 3.28. The van der Waals surface area contributed by atoms with Crippen molar-refractivity contribution in [2.45, 2.75) is 26.7 Å². The molecule has 0 amide bonds. The fourth-order valence-electron chi connectivity index (χ4n) is 0.541. The molecule has 0 aromatic rings. The second-order valence-corrected chi connectivity index (χ2v) is 2.01. The van der Waals surface area contributed by atoms with Crippen LogP contribution < -0.4 is 5.73 Å². The lowest BCUT2D eigenvalue weighted by atomic mass is 10.3. The molecule has 0 rings (SSSR count). The molecule has 0 aliphatic rings. The monoisotopic (exact) mass is 144 g/mol. The SMILES string of the molecule is CCCCN=C(N)OCC. The molecule has 3 heteroatoms. The van der Waals surface area contributed by atoms with E-state index in [9.17, 15) is 0 Å². The normalized spacial score (nSPS) is 11.6. The van der Waals surface area contributed by atoms with Crippen LogP contribution in [0.5, 0.6) is 0 Å². The topological polar surface area (TPSA) is 47.6 Å². The molecule has 3 nitrogen and oxygen atoms in total. The van der Waals surface area contributed by atoms with Crippen molar-refractivity contribution >= 4 is 6.02 Å². The number of amidine groups is 1. The first-order valence-electron chi connectivity index (χ1n) is 3.74. The summed E-state index contributed by atoms with van der Waals surface area (Å²) in [4.78, 5) is 3.98. The fourth-order valence-corrected chi connectivity index (χ4v) is 0.541. The number of aliphatic imine (C=N–C) groups is 1. The van der Waals surface area contributed by atoms with Gasteiger partial charge in [0.05, 0.1) is 6.61 Å². The van der Waals surface area contributed by atoms with Crippen LogP contribution in [0.15, 0.2) is 4.99 Å². The molecule has 0 fully saturated rings. The minimum absolute atomic E-state index is 0.316. The van der Waals surface area contributed by atoms with E-state index in [1.54, 1.807) is 0 Å². The van der Waals surface area contributed by atoms with Crippen molar-refractivity contribution in [2.75, 3.05) is 13.2 Å². The van der Waals surface area contributed by atoms with Gasteiger partial charge in [0.1, 0.15) is 0 Å². The maximum absolute atomic E-state index is 5.35. The zero-order valence-electron chi connectivity index (χ0n) is 6.76. The van der Waals surface area contributed by atoms with Crippen molar-refractivity contribution in [3.05, 3.63) is 0 Å². The summed E-state index contributed by atoms with van der Waals surface area (Å²) >= 11 is 0. The van der Waals surface area contributed by atoms with Crippen molar-refractivity contribution in [1.29, 1.82) is 0 Å². The van der Waals surface area contributed by atoms with E-state index in [4.69, 9.17) is 10.5 Å².